The average molecular weight is 351 g/mol. The molecule has 7 heteroatoms. The van der Waals surface area contributed by atoms with Gasteiger partial charge in [0.05, 0.1) is 13.2 Å². The van der Waals surface area contributed by atoms with E-state index in [9.17, 15) is 0 Å². The summed E-state index contributed by atoms with van der Waals surface area (Å²) in [7, 11) is 0. The zero-order valence-electron chi connectivity index (χ0n) is 11.3. The Hall–Kier alpha value is -1.86. The summed E-state index contributed by atoms with van der Waals surface area (Å²) in [6.07, 6.45) is 1.47. The first-order valence-corrected chi connectivity index (χ1v) is 7.40. The van der Waals surface area contributed by atoms with Crippen LogP contribution in [0.4, 0.5) is 11.5 Å². The van der Waals surface area contributed by atoms with Crippen LogP contribution in [0.25, 0.3) is 0 Å². The zero-order valence-corrected chi connectivity index (χ0v) is 12.9. The van der Waals surface area contributed by atoms with Crippen molar-refractivity contribution in [1.82, 2.24) is 9.97 Å². The highest BCUT2D eigenvalue weighted by molar-refractivity contribution is 9.10. The Morgan fingerprint density at radius 2 is 1.86 bits per heavy atom. The fourth-order valence-electron chi connectivity index (χ4n) is 2.09. The van der Waals surface area contributed by atoms with E-state index in [4.69, 9.17) is 15.2 Å². The Bertz CT molecular complexity index is 615. The van der Waals surface area contributed by atoms with Crippen LogP contribution in [-0.4, -0.2) is 36.3 Å². The highest BCUT2D eigenvalue weighted by Crippen LogP contribution is 2.31. The van der Waals surface area contributed by atoms with Crippen LogP contribution in [0.5, 0.6) is 11.6 Å². The van der Waals surface area contributed by atoms with Gasteiger partial charge in [0, 0.05) is 17.6 Å². The van der Waals surface area contributed by atoms with Crippen LogP contribution in [0.1, 0.15) is 0 Å². The quantitative estimate of drug-likeness (QED) is 0.916. The van der Waals surface area contributed by atoms with Gasteiger partial charge in [0.15, 0.2) is 5.82 Å². The maximum atomic E-state index is 6.15. The van der Waals surface area contributed by atoms with E-state index in [1.54, 1.807) is 0 Å². The second kappa shape index (κ2) is 6.28. The number of ether oxygens (including phenoxy) is 2. The Kier molecular flexibility index (Phi) is 4.21. The van der Waals surface area contributed by atoms with E-state index in [2.05, 4.69) is 30.8 Å². The standard InChI is InChI=1S/C14H15BrN4O2/c15-10-1-3-11(4-2-10)21-14-12(16)13(17-9-18-14)19-5-7-20-8-6-19/h1-4,9H,5-8,16H2. The van der Waals surface area contributed by atoms with Crippen molar-refractivity contribution >= 4 is 27.4 Å². The van der Waals surface area contributed by atoms with Gasteiger partial charge in [-0.05, 0) is 24.3 Å². The first-order valence-electron chi connectivity index (χ1n) is 6.60. The van der Waals surface area contributed by atoms with Crippen molar-refractivity contribution in [3.05, 3.63) is 35.1 Å². The molecule has 1 saturated heterocycles. The maximum Gasteiger partial charge on any atom is 0.248 e. The molecule has 21 heavy (non-hydrogen) atoms. The lowest BCUT2D eigenvalue weighted by molar-refractivity contribution is 0.122. The van der Waals surface area contributed by atoms with Gasteiger partial charge in [0.1, 0.15) is 17.8 Å². The highest BCUT2D eigenvalue weighted by atomic mass is 79.9. The lowest BCUT2D eigenvalue weighted by atomic mass is 10.3. The van der Waals surface area contributed by atoms with Crippen LogP contribution >= 0.6 is 15.9 Å². The molecule has 0 aliphatic carbocycles. The molecule has 0 radical (unpaired) electrons. The summed E-state index contributed by atoms with van der Waals surface area (Å²) >= 11 is 3.38. The predicted molar refractivity (Wildman–Crippen MR) is 83.7 cm³/mol. The molecule has 0 unspecified atom stereocenters. The molecule has 2 aromatic rings. The Morgan fingerprint density at radius 3 is 2.57 bits per heavy atom. The van der Waals surface area contributed by atoms with E-state index < -0.39 is 0 Å². The molecule has 0 spiro atoms. The summed E-state index contributed by atoms with van der Waals surface area (Å²) in [5, 5.41) is 0. The summed E-state index contributed by atoms with van der Waals surface area (Å²) in [4.78, 5) is 10.5. The van der Waals surface area contributed by atoms with Gasteiger partial charge in [-0.1, -0.05) is 15.9 Å². The molecule has 0 amide bonds. The van der Waals surface area contributed by atoms with Crippen LogP contribution in [0, 0.1) is 0 Å². The van der Waals surface area contributed by atoms with Gasteiger partial charge in [-0.2, -0.15) is 4.98 Å². The molecule has 3 rings (SSSR count). The normalized spacial score (nSPS) is 15.0. The first kappa shape index (κ1) is 14.1. The van der Waals surface area contributed by atoms with E-state index in [1.807, 2.05) is 24.3 Å². The number of hydrogen-bond acceptors (Lipinski definition) is 6. The molecule has 2 N–H and O–H groups in total. The average Bonchev–Trinajstić information content (AvgIpc) is 2.52. The number of nitrogens with zero attached hydrogens (tertiary/aromatic N) is 3. The van der Waals surface area contributed by atoms with Crippen molar-refractivity contribution in [2.75, 3.05) is 36.9 Å². The molecule has 110 valence electrons. The number of hydrogen-bond donors (Lipinski definition) is 1. The Balaban J connectivity index is 1.84. The number of halogens is 1. The minimum absolute atomic E-state index is 0.369. The minimum Gasteiger partial charge on any atom is -0.437 e. The van der Waals surface area contributed by atoms with Crippen LogP contribution in [0.15, 0.2) is 35.1 Å². The van der Waals surface area contributed by atoms with Crippen LogP contribution in [-0.2, 0) is 4.74 Å². The molecule has 1 aliphatic rings. The third-order valence-electron chi connectivity index (χ3n) is 3.17. The van der Waals surface area contributed by atoms with E-state index in [0.717, 1.165) is 17.6 Å². The molecule has 1 aromatic carbocycles. The molecule has 1 fully saturated rings. The summed E-state index contributed by atoms with van der Waals surface area (Å²) in [6, 6.07) is 7.49. The SMILES string of the molecule is Nc1c(Oc2ccc(Br)cc2)ncnc1N1CCOCC1. The van der Waals surface area contributed by atoms with Crippen molar-refractivity contribution < 1.29 is 9.47 Å². The molecule has 0 bridgehead atoms. The fraction of sp³-hybridized carbons (Fsp3) is 0.286. The third kappa shape index (κ3) is 3.25. The summed E-state index contributed by atoms with van der Waals surface area (Å²) in [6.45, 7) is 2.87. The third-order valence-corrected chi connectivity index (χ3v) is 3.69. The smallest absolute Gasteiger partial charge is 0.248 e. The predicted octanol–water partition coefficient (Wildman–Crippen LogP) is 2.45. The molecule has 1 aliphatic heterocycles. The van der Waals surface area contributed by atoms with E-state index in [1.165, 1.54) is 6.33 Å². The molecule has 0 atom stereocenters. The van der Waals surface area contributed by atoms with Crippen LogP contribution in [0.3, 0.4) is 0 Å². The lowest BCUT2D eigenvalue weighted by Gasteiger charge is -2.28. The number of anilines is 2. The molecule has 2 heterocycles. The van der Waals surface area contributed by atoms with Gasteiger partial charge in [-0.25, -0.2) is 4.98 Å². The molecule has 0 saturated carbocycles. The molecule has 6 nitrogen and oxygen atoms in total. The van der Waals surface area contributed by atoms with Gasteiger partial charge in [-0.15, -0.1) is 0 Å². The van der Waals surface area contributed by atoms with Crippen molar-refractivity contribution in [2.45, 2.75) is 0 Å². The summed E-state index contributed by atoms with van der Waals surface area (Å²) < 4.78 is 12.1. The number of nitrogens with two attached hydrogens (primary N) is 1. The van der Waals surface area contributed by atoms with Gasteiger partial charge in [0.25, 0.3) is 0 Å². The van der Waals surface area contributed by atoms with Crippen molar-refractivity contribution in [2.24, 2.45) is 0 Å². The van der Waals surface area contributed by atoms with Crippen LogP contribution in [0.2, 0.25) is 0 Å². The van der Waals surface area contributed by atoms with Gasteiger partial charge < -0.3 is 20.1 Å². The number of morpholine rings is 1. The van der Waals surface area contributed by atoms with Gasteiger partial charge >= 0.3 is 0 Å². The molecule has 1 aromatic heterocycles. The Labute approximate surface area is 131 Å². The monoisotopic (exact) mass is 350 g/mol. The Morgan fingerprint density at radius 1 is 1.14 bits per heavy atom. The van der Waals surface area contributed by atoms with E-state index in [0.29, 0.717) is 36.3 Å². The number of aromatic nitrogens is 2. The largest absolute Gasteiger partial charge is 0.437 e. The topological polar surface area (TPSA) is 73.5 Å². The number of nitrogen functional groups attached to an aromatic ring is 1. The van der Waals surface area contributed by atoms with E-state index >= 15 is 0 Å². The molecular weight excluding hydrogens is 336 g/mol. The zero-order chi connectivity index (χ0) is 14.7. The number of benzene rings is 1. The summed E-state index contributed by atoms with van der Waals surface area (Å²) in [5.74, 6) is 1.74. The van der Waals surface area contributed by atoms with E-state index in [-0.39, 0.29) is 0 Å². The maximum absolute atomic E-state index is 6.15. The van der Waals surface area contributed by atoms with Crippen molar-refractivity contribution in [1.29, 1.82) is 0 Å². The van der Waals surface area contributed by atoms with Crippen molar-refractivity contribution in [3.63, 3.8) is 0 Å². The minimum atomic E-state index is 0.369. The number of rotatable bonds is 3. The van der Waals surface area contributed by atoms with Crippen molar-refractivity contribution in [3.8, 4) is 11.6 Å². The summed E-state index contributed by atoms with van der Waals surface area (Å²) in [5.41, 5.74) is 6.60. The second-order valence-electron chi connectivity index (χ2n) is 4.57. The van der Waals surface area contributed by atoms with Crippen LogP contribution < -0.4 is 15.4 Å². The lowest BCUT2D eigenvalue weighted by Crippen LogP contribution is -2.37. The molecular formula is C14H15BrN4O2. The van der Waals surface area contributed by atoms with Gasteiger partial charge in [0.2, 0.25) is 5.88 Å². The fourth-order valence-corrected chi connectivity index (χ4v) is 2.36. The first-order chi connectivity index (χ1) is 10.2. The highest BCUT2D eigenvalue weighted by Gasteiger charge is 2.18. The second-order valence-corrected chi connectivity index (χ2v) is 5.49. The van der Waals surface area contributed by atoms with Gasteiger partial charge in [-0.3, -0.25) is 0 Å².